The van der Waals surface area contributed by atoms with Gasteiger partial charge in [-0.3, -0.25) is 0 Å². The smallest absolute Gasteiger partial charge is 0.244 e. The predicted molar refractivity (Wildman–Crippen MR) is 75.9 cm³/mol. The molecule has 0 spiro atoms. The van der Waals surface area contributed by atoms with E-state index in [9.17, 15) is 0 Å². The lowest BCUT2D eigenvalue weighted by atomic mass is 9.84. The van der Waals surface area contributed by atoms with Crippen molar-refractivity contribution >= 4 is 11.3 Å². The van der Waals surface area contributed by atoms with Crippen LogP contribution in [0.5, 0.6) is 0 Å². The number of aryl methyl sites for hydroxylation is 1. The number of thiophene rings is 1. The maximum atomic E-state index is 6.28. The van der Waals surface area contributed by atoms with E-state index in [-0.39, 0.29) is 6.04 Å². The number of hydrogen-bond acceptors (Lipinski definition) is 5. The lowest BCUT2D eigenvalue weighted by Gasteiger charge is -2.24. The van der Waals surface area contributed by atoms with Crippen LogP contribution in [0.25, 0.3) is 11.4 Å². The highest BCUT2D eigenvalue weighted by Gasteiger charge is 2.26. The van der Waals surface area contributed by atoms with Gasteiger partial charge in [-0.15, -0.1) is 0 Å². The molecule has 5 heteroatoms. The lowest BCUT2D eigenvalue weighted by molar-refractivity contribution is 0.255. The Morgan fingerprint density at radius 3 is 2.79 bits per heavy atom. The van der Waals surface area contributed by atoms with E-state index in [2.05, 4.69) is 27.8 Å². The van der Waals surface area contributed by atoms with Gasteiger partial charge in [0.05, 0.1) is 6.04 Å². The molecule has 0 bridgehead atoms. The lowest BCUT2D eigenvalue weighted by Crippen LogP contribution is -2.23. The summed E-state index contributed by atoms with van der Waals surface area (Å²) in [6.07, 6.45) is 6.21. The number of nitrogens with zero attached hydrogens (tertiary/aromatic N) is 2. The Hall–Kier alpha value is -1.20. The summed E-state index contributed by atoms with van der Waals surface area (Å²) in [5, 5.41) is 8.22. The van der Waals surface area contributed by atoms with E-state index in [0.29, 0.717) is 17.6 Å². The largest absolute Gasteiger partial charge is 0.337 e. The Labute approximate surface area is 117 Å². The molecule has 1 atom stereocenters. The zero-order chi connectivity index (χ0) is 13.2. The molecule has 0 saturated heterocycles. The first-order valence-electron chi connectivity index (χ1n) is 6.88. The predicted octanol–water partition coefficient (Wildman–Crippen LogP) is 3.69. The molecule has 0 amide bonds. The van der Waals surface area contributed by atoms with Gasteiger partial charge < -0.3 is 10.3 Å². The van der Waals surface area contributed by atoms with Crippen LogP contribution in [0, 0.1) is 12.8 Å². The van der Waals surface area contributed by atoms with Gasteiger partial charge in [0.1, 0.15) is 0 Å². The molecule has 1 aliphatic rings. The average Bonchev–Trinajstić information content (AvgIpc) is 3.07. The van der Waals surface area contributed by atoms with E-state index in [0.717, 1.165) is 5.56 Å². The molecule has 1 fully saturated rings. The highest BCUT2D eigenvalue weighted by molar-refractivity contribution is 7.08. The number of aromatic nitrogens is 2. The monoisotopic (exact) mass is 277 g/mol. The Morgan fingerprint density at radius 1 is 1.32 bits per heavy atom. The van der Waals surface area contributed by atoms with Crippen LogP contribution in [0.4, 0.5) is 0 Å². The van der Waals surface area contributed by atoms with Crippen molar-refractivity contribution in [2.24, 2.45) is 11.7 Å². The van der Waals surface area contributed by atoms with Gasteiger partial charge in [-0.2, -0.15) is 16.3 Å². The summed E-state index contributed by atoms with van der Waals surface area (Å²) in [7, 11) is 0. The molecule has 0 aliphatic heterocycles. The first-order chi connectivity index (χ1) is 9.25. The summed E-state index contributed by atoms with van der Waals surface area (Å²) in [6, 6.07) is -0.111. The van der Waals surface area contributed by atoms with Crippen molar-refractivity contribution in [1.29, 1.82) is 0 Å². The first kappa shape index (κ1) is 12.8. The highest BCUT2D eigenvalue weighted by Crippen LogP contribution is 2.33. The van der Waals surface area contributed by atoms with Crippen LogP contribution < -0.4 is 5.73 Å². The minimum atomic E-state index is -0.111. The summed E-state index contributed by atoms with van der Waals surface area (Å²) < 4.78 is 5.38. The molecular weight excluding hydrogens is 258 g/mol. The maximum Gasteiger partial charge on any atom is 0.244 e. The zero-order valence-electron chi connectivity index (χ0n) is 11.1. The van der Waals surface area contributed by atoms with Crippen LogP contribution in [0.3, 0.4) is 0 Å². The molecule has 1 aliphatic carbocycles. The van der Waals surface area contributed by atoms with Crippen LogP contribution in [0.1, 0.15) is 49.6 Å². The Balaban J connectivity index is 1.79. The van der Waals surface area contributed by atoms with Gasteiger partial charge in [-0.1, -0.05) is 24.4 Å². The van der Waals surface area contributed by atoms with Crippen LogP contribution in [0.15, 0.2) is 15.3 Å². The summed E-state index contributed by atoms with van der Waals surface area (Å²) in [5.74, 6) is 1.75. The van der Waals surface area contributed by atoms with Gasteiger partial charge in [0, 0.05) is 10.9 Å². The highest BCUT2D eigenvalue weighted by atomic mass is 32.1. The Bertz CT molecular complexity index is 542. The minimum Gasteiger partial charge on any atom is -0.337 e. The van der Waals surface area contributed by atoms with Gasteiger partial charge in [0.25, 0.3) is 0 Å². The van der Waals surface area contributed by atoms with E-state index >= 15 is 0 Å². The van der Waals surface area contributed by atoms with Crippen molar-refractivity contribution in [2.75, 3.05) is 0 Å². The quantitative estimate of drug-likeness (QED) is 0.929. The Kier molecular flexibility index (Phi) is 3.66. The first-order valence-corrected chi connectivity index (χ1v) is 7.82. The van der Waals surface area contributed by atoms with Crippen molar-refractivity contribution in [2.45, 2.75) is 45.1 Å². The fourth-order valence-corrected chi connectivity index (χ4v) is 3.59. The average molecular weight is 277 g/mol. The van der Waals surface area contributed by atoms with Gasteiger partial charge >= 0.3 is 0 Å². The van der Waals surface area contributed by atoms with Crippen molar-refractivity contribution in [3.05, 3.63) is 22.2 Å². The summed E-state index contributed by atoms with van der Waals surface area (Å²) in [4.78, 5) is 4.49. The normalized spacial score (nSPS) is 18.6. The second-order valence-corrected chi connectivity index (χ2v) is 6.09. The molecule has 1 saturated carbocycles. The third-order valence-electron chi connectivity index (χ3n) is 3.98. The van der Waals surface area contributed by atoms with Crippen LogP contribution in [-0.4, -0.2) is 10.1 Å². The van der Waals surface area contributed by atoms with E-state index in [1.807, 2.05) is 0 Å². The molecule has 2 aromatic rings. The van der Waals surface area contributed by atoms with Crippen molar-refractivity contribution in [1.82, 2.24) is 10.1 Å². The van der Waals surface area contributed by atoms with Gasteiger partial charge in [0.15, 0.2) is 0 Å². The summed E-state index contributed by atoms with van der Waals surface area (Å²) >= 11 is 1.65. The van der Waals surface area contributed by atoms with E-state index in [1.54, 1.807) is 11.3 Å². The van der Waals surface area contributed by atoms with E-state index in [1.165, 1.54) is 37.7 Å². The summed E-state index contributed by atoms with van der Waals surface area (Å²) in [5.41, 5.74) is 8.52. The molecule has 4 nitrogen and oxygen atoms in total. The van der Waals surface area contributed by atoms with Crippen LogP contribution >= 0.6 is 11.3 Å². The third kappa shape index (κ3) is 2.58. The maximum absolute atomic E-state index is 6.28. The van der Waals surface area contributed by atoms with Crippen molar-refractivity contribution in [3.63, 3.8) is 0 Å². The van der Waals surface area contributed by atoms with Crippen LogP contribution in [0.2, 0.25) is 0 Å². The SMILES string of the molecule is Cc1cscc1-c1noc(C(N)C2CCCCC2)n1. The molecule has 2 N–H and O–H groups in total. The van der Waals surface area contributed by atoms with E-state index in [4.69, 9.17) is 10.3 Å². The second kappa shape index (κ2) is 5.43. The molecule has 19 heavy (non-hydrogen) atoms. The molecule has 2 aromatic heterocycles. The topological polar surface area (TPSA) is 64.9 Å². The molecule has 102 valence electrons. The fraction of sp³-hybridized carbons (Fsp3) is 0.571. The number of hydrogen-bond donors (Lipinski definition) is 1. The third-order valence-corrected chi connectivity index (χ3v) is 4.84. The molecule has 2 heterocycles. The summed E-state index contributed by atoms with van der Waals surface area (Å²) in [6.45, 7) is 2.06. The second-order valence-electron chi connectivity index (χ2n) is 5.35. The molecule has 3 rings (SSSR count). The van der Waals surface area contributed by atoms with Gasteiger partial charge in [0.2, 0.25) is 11.7 Å². The number of rotatable bonds is 3. The molecule has 0 aromatic carbocycles. The Morgan fingerprint density at radius 2 is 2.11 bits per heavy atom. The minimum absolute atomic E-state index is 0.111. The van der Waals surface area contributed by atoms with Crippen molar-refractivity contribution in [3.8, 4) is 11.4 Å². The standard InChI is InChI=1S/C14H19N3OS/c1-9-7-19-8-11(9)13-16-14(18-17-13)12(15)10-5-3-2-4-6-10/h7-8,10,12H,2-6,15H2,1H3. The van der Waals surface area contributed by atoms with Gasteiger partial charge in [-0.05, 0) is 36.6 Å². The van der Waals surface area contributed by atoms with Crippen LogP contribution in [-0.2, 0) is 0 Å². The zero-order valence-corrected chi connectivity index (χ0v) is 11.9. The van der Waals surface area contributed by atoms with Gasteiger partial charge in [-0.25, -0.2) is 0 Å². The van der Waals surface area contributed by atoms with Crippen molar-refractivity contribution < 1.29 is 4.52 Å². The van der Waals surface area contributed by atoms with E-state index < -0.39 is 0 Å². The molecule has 0 radical (unpaired) electrons. The fourth-order valence-electron chi connectivity index (χ4n) is 2.76. The number of nitrogens with two attached hydrogens (primary N) is 1. The molecule has 1 unspecified atom stereocenters. The molecular formula is C14H19N3OS.